The number of benzene rings is 2. The van der Waals surface area contributed by atoms with Crippen LogP contribution in [-0.2, 0) is 21.4 Å². The summed E-state index contributed by atoms with van der Waals surface area (Å²) in [5, 5.41) is 3.30. The van der Waals surface area contributed by atoms with E-state index in [9.17, 15) is 13.2 Å². The third-order valence-electron chi connectivity index (χ3n) is 4.29. The van der Waals surface area contributed by atoms with Crippen LogP contribution in [0.1, 0.15) is 30.0 Å². The molecule has 0 heterocycles. The maximum absolute atomic E-state index is 12.8. The van der Waals surface area contributed by atoms with Gasteiger partial charge in [0.1, 0.15) is 6.04 Å². The quantitative estimate of drug-likeness (QED) is 0.757. The van der Waals surface area contributed by atoms with Crippen molar-refractivity contribution in [2.75, 3.05) is 10.6 Å². The molecule has 1 amide bonds. The first-order valence-electron chi connectivity index (χ1n) is 8.72. The van der Waals surface area contributed by atoms with Gasteiger partial charge in [0.15, 0.2) is 0 Å². The van der Waals surface area contributed by atoms with Gasteiger partial charge in [0.2, 0.25) is 15.9 Å². The molecule has 2 aromatic carbocycles. The van der Waals surface area contributed by atoms with Gasteiger partial charge in [-0.2, -0.15) is 0 Å². The van der Waals surface area contributed by atoms with Crippen LogP contribution in [0, 0.1) is 13.8 Å². The number of nitrogens with zero attached hydrogens (tertiary/aromatic N) is 1. The normalized spacial score (nSPS) is 12.5. The minimum absolute atomic E-state index is 0.332. The van der Waals surface area contributed by atoms with Gasteiger partial charge in [0.25, 0.3) is 0 Å². The van der Waals surface area contributed by atoms with E-state index in [1.807, 2.05) is 38.1 Å². The molecule has 0 aliphatic heterocycles. The number of aryl methyl sites for hydroxylation is 2. The lowest BCUT2D eigenvalue weighted by atomic mass is 10.1. The van der Waals surface area contributed by atoms with Gasteiger partial charge in [0.05, 0.1) is 11.9 Å². The van der Waals surface area contributed by atoms with Crippen molar-refractivity contribution in [3.63, 3.8) is 0 Å². The van der Waals surface area contributed by atoms with Crippen molar-refractivity contribution in [3.8, 4) is 0 Å². The highest BCUT2D eigenvalue weighted by Gasteiger charge is 2.31. The largest absolute Gasteiger partial charge is 0.350 e. The molecule has 0 bridgehead atoms. The fourth-order valence-corrected chi connectivity index (χ4v) is 4.29. The first kappa shape index (κ1) is 21.3. The Morgan fingerprint density at radius 1 is 1.19 bits per heavy atom. The van der Waals surface area contributed by atoms with Crippen molar-refractivity contribution in [1.29, 1.82) is 0 Å². The van der Waals surface area contributed by atoms with Crippen molar-refractivity contribution in [2.24, 2.45) is 0 Å². The average molecular weight is 409 g/mol. The smallest absolute Gasteiger partial charge is 0.244 e. The number of carbonyl (C=O) groups excluding carboxylic acids is 1. The first-order chi connectivity index (χ1) is 12.6. The van der Waals surface area contributed by atoms with Gasteiger partial charge in [-0.3, -0.25) is 9.10 Å². The van der Waals surface area contributed by atoms with Gasteiger partial charge in [0, 0.05) is 11.6 Å². The van der Waals surface area contributed by atoms with E-state index in [2.05, 4.69) is 5.32 Å². The third-order valence-corrected chi connectivity index (χ3v) is 5.88. The second-order valence-corrected chi connectivity index (χ2v) is 8.89. The number of amides is 1. The molecular formula is C20H25ClN2O3S. The molecular weight excluding hydrogens is 384 g/mol. The topological polar surface area (TPSA) is 66.5 Å². The summed E-state index contributed by atoms with van der Waals surface area (Å²) in [5.74, 6) is -0.346. The Kier molecular flexibility index (Phi) is 6.89. The molecule has 2 aromatic rings. The summed E-state index contributed by atoms with van der Waals surface area (Å²) < 4.78 is 26.1. The van der Waals surface area contributed by atoms with Crippen molar-refractivity contribution < 1.29 is 13.2 Å². The summed E-state index contributed by atoms with van der Waals surface area (Å²) >= 11 is 6.17. The number of nitrogens with one attached hydrogen (secondary N) is 1. The van der Waals surface area contributed by atoms with Crippen molar-refractivity contribution in [2.45, 2.75) is 39.8 Å². The lowest BCUT2D eigenvalue weighted by Crippen LogP contribution is -2.49. The van der Waals surface area contributed by atoms with Crippen LogP contribution in [0.5, 0.6) is 0 Å². The molecule has 0 radical (unpaired) electrons. The molecule has 0 saturated heterocycles. The molecule has 0 aromatic heterocycles. The van der Waals surface area contributed by atoms with Gasteiger partial charge in [-0.15, -0.1) is 0 Å². The number of rotatable bonds is 7. The molecule has 146 valence electrons. The molecule has 0 fully saturated rings. The highest BCUT2D eigenvalue weighted by Crippen LogP contribution is 2.27. The summed E-state index contributed by atoms with van der Waals surface area (Å²) in [6, 6.07) is 11.9. The first-order valence-corrected chi connectivity index (χ1v) is 10.9. The second kappa shape index (κ2) is 8.76. The Bertz CT molecular complexity index is 929. The van der Waals surface area contributed by atoms with Gasteiger partial charge in [-0.25, -0.2) is 8.42 Å². The number of halogens is 1. The van der Waals surface area contributed by atoms with Crippen LogP contribution in [0.25, 0.3) is 0 Å². The standard InChI is InChI=1S/C20H25ClN2O3S/c1-5-19(20(24)22-13-16-8-6-7-14(2)11-16)23(27(4,25)26)17-10-9-15(3)18(21)12-17/h6-12,19H,5,13H2,1-4H3,(H,22,24). The van der Waals surface area contributed by atoms with E-state index in [-0.39, 0.29) is 5.91 Å². The summed E-state index contributed by atoms with van der Waals surface area (Å²) in [6.45, 7) is 5.93. The van der Waals surface area contributed by atoms with Crippen molar-refractivity contribution in [3.05, 3.63) is 64.2 Å². The van der Waals surface area contributed by atoms with Gasteiger partial charge >= 0.3 is 0 Å². The van der Waals surface area contributed by atoms with Gasteiger partial charge in [-0.05, 0) is 43.5 Å². The van der Waals surface area contributed by atoms with E-state index in [0.717, 1.165) is 27.3 Å². The van der Waals surface area contributed by atoms with Crippen molar-refractivity contribution in [1.82, 2.24) is 5.32 Å². The predicted molar refractivity (Wildman–Crippen MR) is 111 cm³/mol. The molecule has 0 spiro atoms. The maximum Gasteiger partial charge on any atom is 0.244 e. The summed E-state index contributed by atoms with van der Waals surface area (Å²) in [7, 11) is -3.68. The average Bonchev–Trinajstić information content (AvgIpc) is 2.59. The number of carbonyl (C=O) groups is 1. The molecule has 1 unspecified atom stereocenters. The Morgan fingerprint density at radius 2 is 1.89 bits per heavy atom. The predicted octanol–water partition coefficient (Wildman–Crippen LogP) is 3.82. The molecule has 2 rings (SSSR count). The fraction of sp³-hybridized carbons (Fsp3) is 0.350. The van der Waals surface area contributed by atoms with E-state index in [4.69, 9.17) is 11.6 Å². The van der Waals surface area contributed by atoms with Crippen LogP contribution >= 0.6 is 11.6 Å². The van der Waals surface area contributed by atoms with Crippen LogP contribution in [-0.4, -0.2) is 26.6 Å². The SMILES string of the molecule is CCC(C(=O)NCc1cccc(C)c1)N(c1ccc(C)c(Cl)c1)S(C)(=O)=O. The van der Waals surface area contributed by atoms with Gasteiger partial charge in [-0.1, -0.05) is 54.4 Å². The number of hydrogen-bond acceptors (Lipinski definition) is 3. The molecule has 0 saturated carbocycles. The lowest BCUT2D eigenvalue weighted by Gasteiger charge is -2.30. The molecule has 27 heavy (non-hydrogen) atoms. The molecule has 7 heteroatoms. The van der Waals surface area contributed by atoms with Crippen LogP contribution in [0.3, 0.4) is 0 Å². The van der Waals surface area contributed by atoms with E-state index in [0.29, 0.717) is 23.7 Å². The van der Waals surface area contributed by atoms with E-state index in [1.54, 1.807) is 25.1 Å². The third kappa shape index (κ3) is 5.47. The Balaban J connectivity index is 2.28. The fourth-order valence-electron chi connectivity index (χ4n) is 2.91. The van der Waals surface area contributed by atoms with Crippen LogP contribution in [0.2, 0.25) is 5.02 Å². The van der Waals surface area contributed by atoms with E-state index in [1.165, 1.54) is 0 Å². The maximum atomic E-state index is 12.8. The van der Waals surface area contributed by atoms with E-state index < -0.39 is 16.1 Å². The molecule has 1 N–H and O–H groups in total. The summed E-state index contributed by atoms with van der Waals surface area (Å²) in [4.78, 5) is 12.8. The highest BCUT2D eigenvalue weighted by atomic mass is 35.5. The van der Waals surface area contributed by atoms with Crippen LogP contribution < -0.4 is 9.62 Å². The highest BCUT2D eigenvalue weighted by molar-refractivity contribution is 7.92. The van der Waals surface area contributed by atoms with E-state index >= 15 is 0 Å². The van der Waals surface area contributed by atoms with Crippen molar-refractivity contribution >= 4 is 33.2 Å². The Hall–Kier alpha value is -2.05. The van der Waals surface area contributed by atoms with Crippen LogP contribution in [0.4, 0.5) is 5.69 Å². The monoisotopic (exact) mass is 408 g/mol. The lowest BCUT2D eigenvalue weighted by molar-refractivity contribution is -0.122. The number of anilines is 1. The molecule has 5 nitrogen and oxygen atoms in total. The molecule has 1 atom stereocenters. The minimum Gasteiger partial charge on any atom is -0.350 e. The number of hydrogen-bond donors (Lipinski definition) is 1. The zero-order valence-electron chi connectivity index (χ0n) is 16.0. The minimum atomic E-state index is -3.68. The zero-order chi connectivity index (χ0) is 20.2. The Morgan fingerprint density at radius 3 is 2.44 bits per heavy atom. The molecule has 0 aliphatic rings. The summed E-state index contributed by atoms with van der Waals surface area (Å²) in [5.41, 5.74) is 3.28. The van der Waals surface area contributed by atoms with Gasteiger partial charge < -0.3 is 5.32 Å². The zero-order valence-corrected chi connectivity index (χ0v) is 17.6. The second-order valence-electron chi connectivity index (χ2n) is 6.62. The Labute approximate surface area is 166 Å². The summed E-state index contributed by atoms with van der Waals surface area (Å²) in [6.07, 6.45) is 1.43. The number of sulfonamides is 1. The van der Waals surface area contributed by atoms with Crippen LogP contribution in [0.15, 0.2) is 42.5 Å². The molecule has 0 aliphatic carbocycles.